The van der Waals surface area contributed by atoms with E-state index in [0.717, 1.165) is 16.5 Å². The van der Waals surface area contributed by atoms with E-state index in [4.69, 9.17) is 13.9 Å². The summed E-state index contributed by atoms with van der Waals surface area (Å²) in [6, 6.07) is 13.9. The van der Waals surface area contributed by atoms with Gasteiger partial charge in [0.2, 0.25) is 0 Å². The lowest BCUT2D eigenvalue weighted by atomic mass is 10.1. The number of aryl methyl sites for hydroxylation is 2. The Bertz CT molecular complexity index is 1000. The lowest BCUT2D eigenvalue weighted by Gasteiger charge is -2.14. The molecule has 0 bridgehead atoms. The van der Waals surface area contributed by atoms with Crippen LogP contribution in [0.2, 0.25) is 0 Å². The summed E-state index contributed by atoms with van der Waals surface area (Å²) in [4.78, 5) is 23.9. The summed E-state index contributed by atoms with van der Waals surface area (Å²) in [7, 11) is 0. The summed E-state index contributed by atoms with van der Waals surface area (Å²) < 4.78 is 16.2. The molecule has 2 aromatic carbocycles. The minimum atomic E-state index is -0.776. The summed E-state index contributed by atoms with van der Waals surface area (Å²) >= 11 is 0. The molecule has 0 unspecified atom stereocenters. The number of ether oxygens (including phenoxy) is 2. The fourth-order valence-corrected chi connectivity index (χ4v) is 2.71. The molecule has 0 amide bonds. The second-order valence-electron chi connectivity index (χ2n) is 6.10. The van der Waals surface area contributed by atoms with Gasteiger partial charge >= 0.3 is 11.6 Å². The van der Waals surface area contributed by atoms with Crippen molar-refractivity contribution in [3.8, 4) is 11.5 Å². The Morgan fingerprint density at radius 2 is 1.92 bits per heavy atom. The molecule has 0 aliphatic rings. The maximum Gasteiger partial charge on any atom is 0.352 e. The highest BCUT2D eigenvalue weighted by Gasteiger charge is 2.18. The van der Waals surface area contributed by atoms with Crippen LogP contribution in [0, 0.1) is 6.92 Å². The fraction of sp³-hybridized carbons (Fsp3) is 0.238. The summed E-state index contributed by atoms with van der Waals surface area (Å²) in [5.74, 6) is 0.380. The van der Waals surface area contributed by atoms with Gasteiger partial charge in [0.15, 0.2) is 6.10 Å². The zero-order chi connectivity index (χ0) is 18.7. The van der Waals surface area contributed by atoms with Gasteiger partial charge in [-0.15, -0.1) is 0 Å². The molecule has 1 heterocycles. The molecule has 3 aromatic rings. The van der Waals surface area contributed by atoms with Crippen LogP contribution in [-0.2, 0) is 11.2 Å². The van der Waals surface area contributed by atoms with Crippen LogP contribution < -0.4 is 15.1 Å². The molecule has 1 atom stereocenters. The van der Waals surface area contributed by atoms with Crippen molar-refractivity contribution in [1.29, 1.82) is 0 Å². The maximum absolute atomic E-state index is 12.3. The number of hydrogen-bond donors (Lipinski definition) is 0. The van der Waals surface area contributed by atoms with Gasteiger partial charge in [0, 0.05) is 17.5 Å². The third-order valence-electron chi connectivity index (χ3n) is 4.04. The molecule has 134 valence electrons. The molecule has 0 N–H and O–H groups in total. The van der Waals surface area contributed by atoms with Crippen molar-refractivity contribution in [3.05, 3.63) is 70.1 Å². The van der Waals surface area contributed by atoms with Crippen LogP contribution in [0.4, 0.5) is 0 Å². The van der Waals surface area contributed by atoms with Crippen molar-refractivity contribution < 1.29 is 18.7 Å². The van der Waals surface area contributed by atoms with Gasteiger partial charge in [-0.1, -0.05) is 19.1 Å². The highest BCUT2D eigenvalue weighted by molar-refractivity contribution is 5.83. The average molecular weight is 352 g/mol. The Balaban J connectivity index is 1.77. The van der Waals surface area contributed by atoms with Gasteiger partial charge in [-0.25, -0.2) is 9.59 Å². The molecule has 5 nitrogen and oxygen atoms in total. The Hall–Kier alpha value is -3.08. The third-order valence-corrected chi connectivity index (χ3v) is 4.04. The lowest BCUT2D eigenvalue weighted by molar-refractivity contribution is -0.141. The van der Waals surface area contributed by atoms with E-state index in [9.17, 15) is 9.59 Å². The molecule has 1 aromatic heterocycles. The number of hydrogen-bond acceptors (Lipinski definition) is 5. The molecule has 3 rings (SSSR count). The molecule has 0 aliphatic heterocycles. The van der Waals surface area contributed by atoms with Crippen LogP contribution in [-0.4, -0.2) is 12.1 Å². The zero-order valence-corrected chi connectivity index (χ0v) is 14.9. The Labute approximate surface area is 151 Å². The van der Waals surface area contributed by atoms with Crippen LogP contribution >= 0.6 is 0 Å². The van der Waals surface area contributed by atoms with Crippen molar-refractivity contribution in [2.75, 3.05) is 0 Å². The summed E-state index contributed by atoms with van der Waals surface area (Å²) in [6.45, 7) is 5.54. The predicted octanol–water partition coefficient (Wildman–Crippen LogP) is 4.04. The quantitative estimate of drug-likeness (QED) is 0.394. The highest BCUT2D eigenvalue weighted by atomic mass is 16.6. The van der Waals surface area contributed by atoms with E-state index in [2.05, 4.69) is 0 Å². The minimum absolute atomic E-state index is 0.304. The molecule has 0 fully saturated rings. The summed E-state index contributed by atoms with van der Waals surface area (Å²) in [5.41, 5.74) is 1.91. The van der Waals surface area contributed by atoms with Gasteiger partial charge in [0.1, 0.15) is 17.1 Å². The number of carbonyl (C=O) groups excluding carboxylic acids is 1. The predicted molar refractivity (Wildman–Crippen MR) is 98.8 cm³/mol. The highest BCUT2D eigenvalue weighted by Crippen LogP contribution is 2.23. The number of esters is 1. The van der Waals surface area contributed by atoms with E-state index < -0.39 is 17.7 Å². The van der Waals surface area contributed by atoms with E-state index in [1.54, 1.807) is 31.2 Å². The summed E-state index contributed by atoms with van der Waals surface area (Å²) in [6.07, 6.45) is -0.0655. The van der Waals surface area contributed by atoms with Crippen molar-refractivity contribution >= 4 is 16.9 Å². The first kappa shape index (κ1) is 17.7. The largest absolute Gasteiger partial charge is 0.479 e. The maximum atomic E-state index is 12.3. The molecule has 0 saturated carbocycles. The number of rotatable bonds is 5. The first-order valence-corrected chi connectivity index (χ1v) is 8.48. The molecular weight excluding hydrogens is 332 g/mol. The summed E-state index contributed by atoms with van der Waals surface area (Å²) in [5, 5.41) is 0.830. The van der Waals surface area contributed by atoms with Crippen molar-refractivity contribution in [2.45, 2.75) is 33.3 Å². The average Bonchev–Trinajstić information content (AvgIpc) is 2.60. The molecular formula is C21H20O5. The van der Waals surface area contributed by atoms with Crippen molar-refractivity contribution in [1.82, 2.24) is 0 Å². The van der Waals surface area contributed by atoms with Crippen molar-refractivity contribution in [3.63, 3.8) is 0 Å². The minimum Gasteiger partial charge on any atom is -0.479 e. The molecule has 5 heteroatoms. The van der Waals surface area contributed by atoms with E-state index in [1.807, 2.05) is 32.0 Å². The van der Waals surface area contributed by atoms with Gasteiger partial charge in [-0.05, 0) is 55.7 Å². The number of benzene rings is 2. The second-order valence-corrected chi connectivity index (χ2v) is 6.10. The zero-order valence-electron chi connectivity index (χ0n) is 14.9. The van der Waals surface area contributed by atoms with Crippen molar-refractivity contribution in [2.24, 2.45) is 0 Å². The molecule has 26 heavy (non-hydrogen) atoms. The van der Waals surface area contributed by atoms with Gasteiger partial charge in [0.25, 0.3) is 0 Å². The first-order valence-electron chi connectivity index (χ1n) is 8.48. The van der Waals surface area contributed by atoms with E-state index in [0.29, 0.717) is 23.5 Å². The second kappa shape index (κ2) is 7.44. The molecule has 0 spiro atoms. The topological polar surface area (TPSA) is 65.7 Å². The standard InChI is InChI=1S/C21H20O5/c1-4-15-11-20(22)26-19-12-17(8-9-18(15)19)25-21(23)14(3)24-16-7-5-6-13(2)10-16/h5-12,14H,4H2,1-3H3/t14-/m1/s1. The van der Waals surface area contributed by atoms with Gasteiger partial charge in [-0.3, -0.25) is 0 Å². The van der Waals surface area contributed by atoms with Gasteiger partial charge < -0.3 is 13.9 Å². The van der Waals surface area contributed by atoms with Gasteiger partial charge in [-0.2, -0.15) is 0 Å². The van der Waals surface area contributed by atoms with Crippen LogP contribution in [0.15, 0.2) is 57.7 Å². The van der Waals surface area contributed by atoms with Crippen LogP contribution in [0.5, 0.6) is 11.5 Å². The number of fused-ring (bicyclic) bond motifs is 1. The van der Waals surface area contributed by atoms with Crippen LogP contribution in [0.25, 0.3) is 11.0 Å². The smallest absolute Gasteiger partial charge is 0.352 e. The third kappa shape index (κ3) is 3.94. The van der Waals surface area contributed by atoms with Crippen LogP contribution in [0.1, 0.15) is 25.0 Å². The Morgan fingerprint density at radius 1 is 1.12 bits per heavy atom. The van der Waals surface area contributed by atoms with E-state index in [1.165, 1.54) is 6.07 Å². The molecule has 0 saturated heterocycles. The van der Waals surface area contributed by atoms with E-state index >= 15 is 0 Å². The Kier molecular flexibility index (Phi) is 5.07. The van der Waals surface area contributed by atoms with Crippen LogP contribution in [0.3, 0.4) is 0 Å². The monoisotopic (exact) mass is 352 g/mol. The molecule has 0 aliphatic carbocycles. The fourth-order valence-electron chi connectivity index (χ4n) is 2.71. The Morgan fingerprint density at radius 3 is 2.65 bits per heavy atom. The molecule has 0 radical (unpaired) electrons. The SMILES string of the molecule is CCc1cc(=O)oc2cc(OC(=O)[C@@H](C)Oc3cccc(C)c3)ccc12. The first-order chi connectivity index (χ1) is 12.5. The normalized spacial score (nSPS) is 12.0. The van der Waals surface area contributed by atoms with Gasteiger partial charge in [0.05, 0.1) is 0 Å². The number of carbonyl (C=O) groups is 1. The van der Waals surface area contributed by atoms with E-state index in [-0.39, 0.29) is 0 Å². The lowest BCUT2D eigenvalue weighted by Crippen LogP contribution is -2.28.